The molecule has 2 bridgehead atoms. The second-order valence-electron chi connectivity index (χ2n) is 11.7. The fraction of sp³-hybridized carbons (Fsp3) is 0.567. The van der Waals surface area contributed by atoms with Gasteiger partial charge in [-0.1, -0.05) is 12.5 Å². The molecule has 13 nitrogen and oxygen atoms in total. The molecule has 232 valence electrons. The molecular formula is C30H34O13. The van der Waals surface area contributed by atoms with E-state index in [4.69, 9.17) is 29.2 Å². The average Bonchev–Trinajstić information content (AvgIpc) is 3.29. The van der Waals surface area contributed by atoms with Crippen LogP contribution in [0.1, 0.15) is 63.0 Å². The van der Waals surface area contributed by atoms with E-state index in [1.165, 1.54) is 7.11 Å². The SMILES string of the molecule is COc1ccc2c3c1O[C@@H]1C(OC(=O)C[C@H](CC(=O)C[C@H](O)C(=O)O)C(=O)O[C@@H](C)C(=O)O)=CC[C@]4(O)[C@@H](CCC[C@@]314)C2. The third-order valence-electron chi connectivity index (χ3n) is 9.27. The number of ether oxygens (including phenoxy) is 4. The van der Waals surface area contributed by atoms with Gasteiger partial charge in [0.1, 0.15) is 11.5 Å². The van der Waals surface area contributed by atoms with Crippen molar-refractivity contribution in [1.82, 2.24) is 0 Å². The van der Waals surface area contributed by atoms with E-state index < -0.39 is 84.2 Å². The maximum atomic E-state index is 13.3. The van der Waals surface area contributed by atoms with Gasteiger partial charge in [0.05, 0.1) is 30.5 Å². The molecule has 4 aliphatic rings. The van der Waals surface area contributed by atoms with Crippen LogP contribution in [0.15, 0.2) is 24.0 Å². The molecular weight excluding hydrogens is 568 g/mol. The Hall–Kier alpha value is -3.97. The number of aliphatic hydroxyl groups excluding tert-OH is 1. The van der Waals surface area contributed by atoms with Crippen LogP contribution in [0.3, 0.4) is 0 Å². The van der Waals surface area contributed by atoms with E-state index in [1.54, 1.807) is 6.08 Å². The second kappa shape index (κ2) is 11.3. The topological polar surface area (TPSA) is 203 Å². The minimum absolute atomic E-state index is 0.0322. The van der Waals surface area contributed by atoms with Crippen molar-refractivity contribution >= 4 is 29.7 Å². The normalized spacial score (nSPS) is 28.2. The molecule has 1 fully saturated rings. The molecule has 0 amide bonds. The number of aliphatic carboxylic acids is 2. The molecule has 7 atom stereocenters. The summed E-state index contributed by atoms with van der Waals surface area (Å²) in [6.07, 6.45) is -1.97. The summed E-state index contributed by atoms with van der Waals surface area (Å²) in [6, 6.07) is 3.78. The molecule has 1 heterocycles. The van der Waals surface area contributed by atoms with Crippen molar-refractivity contribution in [1.29, 1.82) is 0 Å². The van der Waals surface area contributed by atoms with Crippen LogP contribution in [-0.2, 0) is 45.3 Å². The molecule has 1 spiro atoms. The van der Waals surface area contributed by atoms with Gasteiger partial charge in [-0.3, -0.25) is 14.4 Å². The fourth-order valence-corrected chi connectivity index (χ4v) is 7.28. The van der Waals surface area contributed by atoms with Crippen molar-refractivity contribution in [2.45, 2.75) is 87.6 Å². The first-order chi connectivity index (χ1) is 20.3. The number of Topliss-reactive ketones (excluding diaryl/α,β-unsaturated/α-hetero) is 1. The van der Waals surface area contributed by atoms with Gasteiger partial charge in [0.25, 0.3) is 0 Å². The van der Waals surface area contributed by atoms with Gasteiger partial charge < -0.3 is 39.4 Å². The smallest absolute Gasteiger partial charge is 0.344 e. The van der Waals surface area contributed by atoms with Gasteiger partial charge in [-0.2, -0.15) is 0 Å². The van der Waals surface area contributed by atoms with E-state index in [0.717, 1.165) is 30.9 Å². The molecule has 0 unspecified atom stereocenters. The zero-order chi connectivity index (χ0) is 31.3. The minimum atomic E-state index is -2.02. The van der Waals surface area contributed by atoms with E-state index in [9.17, 15) is 34.2 Å². The van der Waals surface area contributed by atoms with Crippen LogP contribution in [0.4, 0.5) is 0 Å². The molecule has 1 aromatic rings. The predicted molar refractivity (Wildman–Crippen MR) is 143 cm³/mol. The van der Waals surface area contributed by atoms with Gasteiger partial charge >= 0.3 is 23.9 Å². The van der Waals surface area contributed by atoms with E-state index in [1.807, 2.05) is 12.1 Å². The summed E-state index contributed by atoms with van der Waals surface area (Å²) >= 11 is 0. The Balaban J connectivity index is 1.39. The highest BCUT2D eigenvalue weighted by Gasteiger charge is 2.71. The Morgan fingerprint density at radius 3 is 2.51 bits per heavy atom. The maximum Gasteiger partial charge on any atom is 0.344 e. The number of carboxylic acids is 2. The standard InChI is InChI=1S/C30H34O13/c1-14(26(34)35)41-28(38)16(11-18(31)13-19(32)27(36)37)12-22(33)42-21-7-9-30(39)17-4-3-8-29(30)23-15(10-17)5-6-20(40-2)24(23)43-25(21)29/h5-7,14,16-17,19,25,32,39H,3-4,8-13H2,1-2H3,(H,34,35)(H,36,37)/t14-,16-,17-,19-,25+,29+,30-/m0/s1. The summed E-state index contributed by atoms with van der Waals surface area (Å²) in [5.74, 6) is -6.49. The van der Waals surface area contributed by atoms with E-state index >= 15 is 0 Å². The van der Waals surface area contributed by atoms with Crippen molar-refractivity contribution in [3.05, 3.63) is 35.1 Å². The van der Waals surface area contributed by atoms with Gasteiger partial charge in [0, 0.05) is 18.4 Å². The minimum Gasteiger partial charge on any atom is -0.493 e. The highest BCUT2D eigenvalue weighted by Crippen LogP contribution is 2.67. The molecule has 0 saturated heterocycles. The summed E-state index contributed by atoms with van der Waals surface area (Å²) in [5, 5.41) is 39.7. The fourth-order valence-electron chi connectivity index (χ4n) is 7.28. The number of hydrogen-bond donors (Lipinski definition) is 4. The number of carbonyl (C=O) groups excluding carboxylic acids is 3. The maximum absolute atomic E-state index is 13.3. The van der Waals surface area contributed by atoms with E-state index in [0.29, 0.717) is 24.3 Å². The summed E-state index contributed by atoms with van der Waals surface area (Å²) < 4.78 is 22.6. The van der Waals surface area contributed by atoms with Crippen LogP contribution in [-0.4, -0.2) is 81.1 Å². The molecule has 1 aromatic carbocycles. The Morgan fingerprint density at radius 1 is 1.09 bits per heavy atom. The molecule has 0 aromatic heterocycles. The lowest BCUT2D eigenvalue weighted by molar-refractivity contribution is -0.169. The van der Waals surface area contributed by atoms with Crippen LogP contribution in [0.5, 0.6) is 11.5 Å². The van der Waals surface area contributed by atoms with E-state index in [-0.39, 0.29) is 18.1 Å². The quantitative estimate of drug-likeness (QED) is 0.250. The van der Waals surface area contributed by atoms with Gasteiger partial charge in [-0.25, -0.2) is 9.59 Å². The Kier molecular flexibility index (Phi) is 7.99. The summed E-state index contributed by atoms with van der Waals surface area (Å²) in [4.78, 5) is 60.7. The van der Waals surface area contributed by atoms with Gasteiger partial charge in [-0.15, -0.1) is 0 Å². The highest BCUT2D eigenvalue weighted by molar-refractivity contribution is 5.90. The number of hydrogen-bond acceptors (Lipinski definition) is 11. The molecule has 3 aliphatic carbocycles. The van der Waals surface area contributed by atoms with E-state index in [2.05, 4.69) is 0 Å². The Bertz CT molecular complexity index is 1400. The number of aliphatic hydroxyl groups is 2. The highest BCUT2D eigenvalue weighted by atomic mass is 16.6. The molecule has 4 N–H and O–H groups in total. The van der Waals surface area contributed by atoms with Crippen molar-refractivity contribution in [3.8, 4) is 11.5 Å². The summed E-state index contributed by atoms with van der Waals surface area (Å²) in [5.41, 5.74) is -0.149. The molecule has 1 saturated carbocycles. The van der Waals surface area contributed by atoms with Gasteiger partial charge in [0.2, 0.25) is 0 Å². The molecule has 1 aliphatic heterocycles. The molecule has 13 heteroatoms. The zero-order valence-electron chi connectivity index (χ0n) is 23.7. The largest absolute Gasteiger partial charge is 0.493 e. The number of rotatable bonds is 12. The lowest BCUT2D eigenvalue weighted by Crippen LogP contribution is -2.67. The van der Waals surface area contributed by atoms with Crippen molar-refractivity contribution in [2.24, 2.45) is 11.8 Å². The lowest BCUT2D eigenvalue weighted by Gasteiger charge is -2.59. The van der Waals surface area contributed by atoms with Crippen LogP contribution in [0.25, 0.3) is 0 Å². The molecule has 0 radical (unpaired) electrons. The second-order valence-corrected chi connectivity index (χ2v) is 11.7. The number of carbonyl (C=O) groups is 5. The monoisotopic (exact) mass is 602 g/mol. The van der Waals surface area contributed by atoms with Gasteiger partial charge in [-0.05, 0) is 56.2 Å². The first kappa shape index (κ1) is 30.5. The molecule has 43 heavy (non-hydrogen) atoms. The van der Waals surface area contributed by atoms with Crippen molar-refractivity contribution < 1.29 is 63.3 Å². The third kappa shape index (κ3) is 5.03. The van der Waals surface area contributed by atoms with Crippen molar-refractivity contribution in [2.75, 3.05) is 7.11 Å². The van der Waals surface area contributed by atoms with Gasteiger partial charge in [0.15, 0.2) is 29.8 Å². The lowest BCUT2D eigenvalue weighted by atomic mass is 9.47. The van der Waals surface area contributed by atoms with Crippen LogP contribution >= 0.6 is 0 Å². The van der Waals surface area contributed by atoms with Crippen LogP contribution < -0.4 is 9.47 Å². The number of benzene rings is 1. The molecule has 5 rings (SSSR count). The third-order valence-corrected chi connectivity index (χ3v) is 9.27. The van der Waals surface area contributed by atoms with Crippen LogP contribution in [0.2, 0.25) is 0 Å². The summed E-state index contributed by atoms with van der Waals surface area (Å²) in [6.45, 7) is 1.10. The zero-order valence-corrected chi connectivity index (χ0v) is 23.7. The number of carboxylic acid groups (broad SMARTS) is 2. The Labute approximate surface area is 246 Å². The number of ketones is 1. The van der Waals surface area contributed by atoms with Crippen molar-refractivity contribution in [3.63, 3.8) is 0 Å². The summed E-state index contributed by atoms with van der Waals surface area (Å²) in [7, 11) is 1.51. The number of methoxy groups -OCH3 is 1. The number of esters is 2. The average molecular weight is 603 g/mol. The Morgan fingerprint density at radius 2 is 1.84 bits per heavy atom. The first-order valence-corrected chi connectivity index (χ1v) is 14.2. The predicted octanol–water partition coefficient (Wildman–Crippen LogP) is 1.43. The van der Waals surface area contributed by atoms with Crippen LogP contribution in [0, 0.1) is 11.8 Å². The first-order valence-electron chi connectivity index (χ1n) is 14.2.